The molecule has 6 aromatic rings. The fourth-order valence-electron chi connectivity index (χ4n) is 18.0. The Kier molecular flexibility index (Phi) is 80.5. The molecule has 0 aliphatic heterocycles. The van der Waals surface area contributed by atoms with Gasteiger partial charge in [-0.3, -0.25) is 0 Å². The van der Waals surface area contributed by atoms with E-state index >= 15 is 8.78 Å². The molecule has 0 fully saturated rings. The number of unbranched alkanes of at least 4 members (excludes halogenated alkanes) is 42. The van der Waals surface area contributed by atoms with E-state index in [0.717, 1.165) is 62.3 Å². The van der Waals surface area contributed by atoms with Crippen LogP contribution in [-0.4, -0.2) is 36.8 Å². The van der Waals surface area contributed by atoms with Crippen LogP contribution >= 0.6 is 199 Å². The van der Waals surface area contributed by atoms with Gasteiger partial charge in [0.1, 0.15) is 0 Å². The maximum atomic E-state index is 15.1. The van der Waals surface area contributed by atoms with Crippen LogP contribution in [0.25, 0.3) is 29.9 Å². The van der Waals surface area contributed by atoms with E-state index in [1.807, 2.05) is 26.7 Å². The van der Waals surface area contributed by atoms with Crippen LogP contribution in [0.5, 0.6) is 0 Å². The summed E-state index contributed by atoms with van der Waals surface area (Å²) >= 11 is 7.44. The molecule has 11 atom stereocenters. The summed E-state index contributed by atoms with van der Waals surface area (Å²) in [6.07, 6.45) is 75.4. The number of rotatable bonds is 73. The van der Waals surface area contributed by atoms with Crippen LogP contribution in [0.1, 0.15) is 436 Å². The van der Waals surface area contributed by atoms with Crippen LogP contribution in [0.3, 0.4) is 0 Å². The molecule has 0 bridgehead atoms. The van der Waals surface area contributed by atoms with Crippen molar-refractivity contribution >= 4 is 241 Å². The molecule has 4 aromatic heterocycles. The first-order chi connectivity index (χ1) is 64.0. The Hall–Kier alpha value is 5.69. The van der Waals surface area contributed by atoms with Gasteiger partial charge < -0.3 is 0 Å². The quantitative estimate of drug-likeness (QED) is 0.00892. The first-order valence-corrected chi connectivity index (χ1v) is 98.4. The Labute approximate surface area is 878 Å². The van der Waals surface area contributed by atoms with E-state index < -0.39 is 103 Å². The smallest absolute Gasteiger partial charge is 0.203 e. The number of aryl methyl sites for hydroxylation is 5. The van der Waals surface area contributed by atoms with Crippen molar-refractivity contribution in [2.75, 3.05) is 0 Å². The van der Waals surface area contributed by atoms with E-state index in [2.05, 4.69) is 220 Å². The Bertz CT molecular complexity index is 3730. The minimum atomic E-state index is -2.58. The zero-order valence-corrected chi connectivity index (χ0v) is 112. The Morgan fingerprint density at radius 3 is 0.752 bits per heavy atom. The van der Waals surface area contributed by atoms with Gasteiger partial charge in [0, 0.05) is 25.1 Å². The van der Waals surface area contributed by atoms with Crippen molar-refractivity contribution in [3.63, 3.8) is 0 Å². The number of thiophene rings is 4. The van der Waals surface area contributed by atoms with Crippen LogP contribution in [-0.2, 0) is 25.7 Å². The minimum absolute atomic E-state index is 0.0884. The SMILES string of the molecule is CCCCCCCCCCCCc1c[c]([Sn]([CH2]CCC)([CH2]CCC)[CH2]CCC)sc1-c1s[c]([Sn]([CH2]CCC)([CH2]CCC)[CH2]CCC)cc1CCCCCCCCCCCC.CCCCCCCCCCCCc1cc(C)sc1-c1sc(-c2c(F)c(F)c(C)c(F)c2F)cc1CCCCCCCCCCCC.Fc1c(F)c(Br)c(F)c(F)c1Br.PPP(P)P(P(P)P)P(P(P)P)P(P)P. The zero-order chi connectivity index (χ0) is 98.5. The predicted octanol–water partition coefficient (Wildman–Crippen LogP) is 47.9. The summed E-state index contributed by atoms with van der Waals surface area (Å²) in [5.41, 5.74) is 4.75. The summed E-state index contributed by atoms with van der Waals surface area (Å²) in [6.45, 7) is 28.0. The van der Waals surface area contributed by atoms with Gasteiger partial charge in [0.2, 0.25) is 0 Å². The topological polar surface area (TPSA) is 0 Å². The second-order valence-corrected chi connectivity index (χ2v) is 128. The molecular weight excluding hydrogens is 2370 g/mol. The molecule has 11 unspecified atom stereocenters. The van der Waals surface area contributed by atoms with Crippen molar-refractivity contribution in [3.8, 4) is 29.9 Å². The van der Waals surface area contributed by atoms with Crippen molar-refractivity contribution in [2.24, 2.45) is 0 Å². The van der Waals surface area contributed by atoms with Crippen molar-refractivity contribution in [1.29, 1.82) is 0 Å². The summed E-state index contributed by atoms with van der Waals surface area (Å²) in [6, 6.07) is 9.96. The van der Waals surface area contributed by atoms with Crippen molar-refractivity contribution in [1.82, 2.24) is 0 Å². The number of benzene rings is 2. The molecule has 0 aliphatic carbocycles. The van der Waals surface area contributed by atoms with Gasteiger partial charge >= 0.3 is 359 Å². The average Bonchev–Trinajstić information content (AvgIpc) is 1.64. The predicted molar refractivity (Wildman–Crippen MR) is 650 cm³/mol. The molecule has 0 amide bonds. The van der Waals surface area contributed by atoms with Gasteiger partial charge in [-0.15, -0.1) is 94.1 Å². The van der Waals surface area contributed by atoms with Crippen LogP contribution in [0, 0.1) is 60.4 Å². The molecular formula is C102H181Br2F8P15S4Sn2. The van der Waals surface area contributed by atoms with Crippen molar-refractivity contribution in [3.05, 3.63) is 112 Å². The third-order valence-electron chi connectivity index (χ3n) is 26.1. The van der Waals surface area contributed by atoms with Gasteiger partial charge in [-0.05, 0) is 137 Å². The number of hydrogen-bond donors (Lipinski definition) is 0. The summed E-state index contributed by atoms with van der Waals surface area (Å²) in [7, 11) is 25.6. The zero-order valence-electron chi connectivity index (χ0n) is 84.4. The Morgan fingerprint density at radius 1 is 0.278 bits per heavy atom. The van der Waals surface area contributed by atoms with Gasteiger partial charge in [-0.25, -0.2) is 35.1 Å². The second kappa shape index (κ2) is 80.6. The van der Waals surface area contributed by atoms with Crippen molar-refractivity contribution in [2.45, 2.75) is 469 Å². The van der Waals surface area contributed by atoms with Gasteiger partial charge in [-0.2, -0.15) is 0 Å². The van der Waals surface area contributed by atoms with Gasteiger partial charge in [0.25, 0.3) is 0 Å². The molecule has 31 heteroatoms. The van der Waals surface area contributed by atoms with E-state index in [1.54, 1.807) is 44.0 Å². The molecule has 0 spiro atoms. The third-order valence-corrected chi connectivity index (χ3v) is 157. The van der Waals surface area contributed by atoms with Gasteiger partial charge in [-0.1, -0.05) is 177 Å². The summed E-state index contributed by atoms with van der Waals surface area (Å²) in [5.74, 6) is -11.1. The molecule has 0 N–H and O–H groups in total. The fraction of sp³-hybridized carbons (Fsp3) is 0.725. The Balaban J connectivity index is 0.000000542. The van der Waals surface area contributed by atoms with E-state index in [0.29, 0.717) is 0 Å². The first-order valence-electron chi connectivity index (χ1n) is 52.0. The van der Waals surface area contributed by atoms with Crippen LogP contribution < -0.4 is 5.79 Å². The van der Waals surface area contributed by atoms with Crippen molar-refractivity contribution < 1.29 is 35.1 Å². The molecule has 0 aliphatic rings. The van der Waals surface area contributed by atoms with E-state index in [1.165, 1.54) is 349 Å². The molecule has 0 nitrogen and oxygen atoms in total. The summed E-state index contributed by atoms with van der Waals surface area (Å²) in [5, 5.41) is 0. The second-order valence-electron chi connectivity index (χ2n) is 37.3. The molecule has 0 radical (unpaired) electrons. The van der Waals surface area contributed by atoms with Gasteiger partial charge in [0.15, 0.2) is 46.5 Å². The molecule has 2 aromatic carbocycles. The fourth-order valence-corrected chi connectivity index (χ4v) is 218. The monoisotopic (exact) mass is 2550 g/mol. The number of halogens is 10. The maximum absolute atomic E-state index is 15.1. The van der Waals surface area contributed by atoms with Crippen LogP contribution in [0.2, 0.25) is 26.6 Å². The van der Waals surface area contributed by atoms with E-state index in [9.17, 15) is 26.3 Å². The standard InChI is InChI=1S/C40H58F4S2.C32H52S2.C6Br2F4.6C4H9.H17P15.2Sn/c1-5-7-9-11-13-15-17-19-21-23-25-31-27-29(3)45-39(31)40-32(26-24-22-20-18-16-14-12-10-8-6-2)28-33(46-40)34-37(43)35(41)30(4)36(42)38(34)44;1-3-5-7-9-11-13-15-17-19-21-23-29-25-27-33-31(29)32-30(26-28-34-32)24-22-20-18-16-14-12-10-8-6-4-2;7-1-3(9)5(11)2(8)6(12)4(1)10;6*1-3-4-2;1-9-13(8)15(12(6)7)14(10(2)3)11(4)5;;/h27-28H,5-26H2,1-4H3;25-26H,3-24H2,1-2H3;;6*1,3-4H2,2H3;9H,1-8H2;;. The minimum Gasteiger partial charge on any atom is -0.203 e. The van der Waals surface area contributed by atoms with Crippen LogP contribution in [0.4, 0.5) is 35.1 Å². The summed E-state index contributed by atoms with van der Waals surface area (Å²) < 4.78 is 122. The summed E-state index contributed by atoms with van der Waals surface area (Å²) in [4.78, 5) is 7.26. The Morgan fingerprint density at radius 2 is 0.504 bits per heavy atom. The molecule has 0 saturated carbocycles. The van der Waals surface area contributed by atoms with Crippen LogP contribution in [0.15, 0.2) is 33.2 Å². The van der Waals surface area contributed by atoms with Gasteiger partial charge in [0.05, 0.1) is 14.5 Å². The van der Waals surface area contributed by atoms with E-state index in [4.69, 9.17) is 0 Å². The average molecular weight is 2550 g/mol. The molecule has 6 rings (SSSR count). The molecule has 4 heterocycles. The molecule has 0 saturated heterocycles. The molecule has 766 valence electrons. The first kappa shape index (κ1) is 133. The molecule has 133 heavy (non-hydrogen) atoms. The van der Waals surface area contributed by atoms with E-state index in [-0.39, 0.29) is 46.8 Å². The number of hydrogen-bond acceptors (Lipinski definition) is 4. The normalized spacial score (nSPS) is 12.5. The third kappa shape index (κ3) is 49.8.